The average molecular weight is 615 g/mol. The van der Waals surface area contributed by atoms with Crippen LogP contribution in [-0.2, 0) is 29.2 Å². The zero-order chi connectivity index (χ0) is 30.9. The van der Waals surface area contributed by atoms with Crippen LogP contribution in [0.15, 0.2) is 30.6 Å². The first-order valence-corrected chi connectivity index (χ1v) is 16.7. The summed E-state index contributed by atoms with van der Waals surface area (Å²) >= 11 is 0. The lowest BCUT2D eigenvalue weighted by Gasteiger charge is -2.36. The molecule has 0 bridgehead atoms. The molecule has 3 fully saturated rings. The lowest BCUT2D eigenvalue weighted by atomic mass is 9.77. The molecule has 0 radical (unpaired) electrons. The van der Waals surface area contributed by atoms with Crippen molar-refractivity contribution in [3.05, 3.63) is 30.6 Å². The first-order valence-electron chi connectivity index (χ1n) is 15.2. The minimum Gasteiger partial charge on any atom is -0.345 e. The highest BCUT2D eigenvalue weighted by molar-refractivity contribution is 7.90. The predicted octanol–water partition coefficient (Wildman–Crippen LogP) is 1.97. The van der Waals surface area contributed by atoms with Crippen molar-refractivity contribution in [3.63, 3.8) is 0 Å². The molecule has 13 heteroatoms. The number of rotatable bonds is 9. The number of nitrogens with one attached hydrogen (secondary N) is 2. The van der Waals surface area contributed by atoms with Crippen molar-refractivity contribution in [2.24, 2.45) is 11.3 Å². The standard InChI is InChI=1S/C30H42N6O6S/c1-30(2,3)22(16-27(38)34-13-7-4-8-14-34)29(40)35-18-20(36-19-32-23-9-5-6-10-24(23)36)15-25(35)28(39)31-17-26(37)33-43(41,42)21-11-12-21/h5-6,9-10,19-22,25H,4,7-8,11-18H2,1-3H3,(H,31,39)(H,33,37)/t20-,22-,25+/m1/s1. The molecule has 2 saturated heterocycles. The van der Waals surface area contributed by atoms with Crippen molar-refractivity contribution in [1.82, 2.24) is 29.4 Å². The maximum absolute atomic E-state index is 14.3. The minimum atomic E-state index is -3.75. The second-order valence-electron chi connectivity index (χ2n) is 13.1. The Bertz CT molecular complexity index is 1490. The lowest BCUT2D eigenvalue weighted by Crippen LogP contribution is -2.52. The van der Waals surface area contributed by atoms with Crippen LogP contribution in [0.4, 0.5) is 0 Å². The highest BCUT2D eigenvalue weighted by atomic mass is 32.2. The molecule has 0 spiro atoms. The van der Waals surface area contributed by atoms with Gasteiger partial charge in [-0.05, 0) is 56.1 Å². The third-order valence-corrected chi connectivity index (χ3v) is 10.7. The molecule has 1 aromatic carbocycles. The molecule has 43 heavy (non-hydrogen) atoms. The van der Waals surface area contributed by atoms with E-state index in [0.717, 1.165) is 30.3 Å². The number of sulfonamides is 1. The molecule has 12 nitrogen and oxygen atoms in total. The number of fused-ring (bicyclic) bond motifs is 1. The van der Waals surface area contributed by atoms with Gasteiger partial charge >= 0.3 is 0 Å². The van der Waals surface area contributed by atoms with Gasteiger partial charge in [-0.2, -0.15) is 0 Å². The molecule has 234 valence electrons. The van der Waals surface area contributed by atoms with E-state index in [2.05, 4.69) is 10.3 Å². The Morgan fingerprint density at radius 1 is 1.05 bits per heavy atom. The van der Waals surface area contributed by atoms with Gasteiger partial charge in [-0.15, -0.1) is 0 Å². The summed E-state index contributed by atoms with van der Waals surface area (Å²) in [5, 5.41) is 1.99. The fraction of sp³-hybridized carbons (Fsp3) is 0.633. The number of hydrogen-bond acceptors (Lipinski definition) is 7. The van der Waals surface area contributed by atoms with Gasteiger partial charge in [0.05, 0.1) is 41.1 Å². The maximum atomic E-state index is 14.3. The first kappa shape index (κ1) is 31.0. The van der Waals surface area contributed by atoms with Gasteiger partial charge in [-0.1, -0.05) is 32.9 Å². The number of aromatic nitrogens is 2. The number of amides is 4. The smallest absolute Gasteiger partial charge is 0.252 e. The molecule has 2 aliphatic heterocycles. The molecule has 3 aliphatic rings. The number of hydrogen-bond donors (Lipinski definition) is 2. The highest BCUT2D eigenvalue weighted by Crippen LogP contribution is 2.37. The van der Waals surface area contributed by atoms with E-state index < -0.39 is 51.0 Å². The molecule has 4 amide bonds. The predicted molar refractivity (Wildman–Crippen MR) is 160 cm³/mol. The van der Waals surface area contributed by atoms with E-state index in [1.807, 2.05) is 59.2 Å². The largest absolute Gasteiger partial charge is 0.345 e. The summed E-state index contributed by atoms with van der Waals surface area (Å²) in [6.45, 7) is 6.85. The van der Waals surface area contributed by atoms with Gasteiger partial charge in [0.15, 0.2) is 0 Å². The molecule has 2 N–H and O–H groups in total. The molecule has 0 unspecified atom stereocenters. The molecule has 3 atom stereocenters. The second kappa shape index (κ2) is 12.3. The maximum Gasteiger partial charge on any atom is 0.252 e. The van der Waals surface area contributed by atoms with Gasteiger partial charge in [0.25, 0.3) is 5.91 Å². The first-order chi connectivity index (χ1) is 20.3. The Kier molecular flexibility index (Phi) is 8.82. The van der Waals surface area contributed by atoms with E-state index in [0.29, 0.717) is 25.9 Å². The van der Waals surface area contributed by atoms with Gasteiger partial charge in [-0.25, -0.2) is 13.4 Å². The van der Waals surface area contributed by atoms with Crippen LogP contribution in [0, 0.1) is 11.3 Å². The zero-order valence-electron chi connectivity index (χ0n) is 25.1. The monoisotopic (exact) mass is 614 g/mol. The summed E-state index contributed by atoms with van der Waals surface area (Å²) in [5.74, 6) is -2.38. The van der Waals surface area contributed by atoms with E-state index in [1.165, 1.54) is 4.90 Å². The lowest BCUT2D eigenvalue weighted by molar-refractivity contribution is -0.148. The van der Waals surface area contributed by atoms with Crippen molar-refractivity contribution in [1.29, 1.82) is 0 Å². The topological polar surface area (TPSA) is 151 Å². The van der Waals surface area contributed by atoms with Gasteiger partial charge in [0.1, 0.15) is 6.04 Å². The summed E-state index contributed by atoms with van der Waals surface area (Å²) in [4.78, 5) is 61.4. The van der Waals surface area contributed by atoms with E-state index in [4.69, 9.17) is 0 Å². The number of carbonyl (C=O) groups excluding carboxylic acids is 4. The third-order valence-electron chi connectivity index (χ3n) is 8.81. The summed E-state index contributed by atoms with van der Waals surface area (Å²) in [6.07, 6.45) is 6.03. The quantitative estimate of drug-likeness (QED) is 0.438. The molecule has 1 aliphatic carbocycles. The number of para-hydroxylation sites is 2. The van der Waals surface area contributed by atoms with Crippen molar-refractivity contribution < 1.29 is 27.6 Å². The fourth-order valence-electron chi connectivity index (χ4n) is 6.13. The Labute approximate surface area is 252 Å². The van der Waals surface area contributed by atoms with Crippen LogP contribution in [0.2, 0.25) is 0 Å². The Morgan fingerprint density at radius 2 is 1.74 bits per heavy atom. The van der Waals surface area contributed by atoms with Crippen LogP contribution in [0.1, 0.15) is 71.8 Å². The number of piperidine rings is 1. The molecular weight excluding hydrogens is 572 g/mol. The molecule has 1 saturated carbocycles. The number of imidazole rings is 1. The average Bonchev–Trinajstić information content (AvgIpc) is 3.62. The second-order valence-corrected chi connectivity index (χ2v) is 15.0. The highest BCUT2D eigenvalue weighted by Gasteiger charge is 2.46. The molecular formula is C30H42N6O6S. The van der Waals surface area contributed by atoms with E-state index >= 15 is 0 Å². The Hall–Kier alpha value is -3.48. The van der Waals surface area contributed by atoms with Crippen molar-refractivity contribution in [2.75, 3.05) is 26.2 Å². The van der Waals surface area contributed by atoms with Gasteiger partial charge in [0.2, 0.25) is 27.7 Å². The van der Waals surface area contributed by atoms with E-state index in [1.54, 1.807) is 6.33 Å². The van der Waals surface area contributed by atoms with Crippen LogP contribution >= 0.6 is 0 Å². The van der Waals surface area contributed by atoms with Gasteiger partial charge in [0, 0.05) is 26.1 Å². The number of likely N-dealkylation sites (tertiary alicyclic amines) is 2. The van der Waals surface area contributed by atoms with Gasteiger partial charge in [-0.3, -0.25) is 23.9 Å². The number of benzene rings is 1. The van der Waals surface area contributed by atoms with Crippen LogP contribution in [0.5, 0.6) is 0 Å². The van der Waals surface area contributed by atoms with Crippen molar-refractivity contribution >= 4 is 44.7 Å². The van der Waals surface area contributed by atoms with Crippen molar-refractivity contribution in [3.8, 4) is 0 Å². The van der Waals surface area contributed by atoms with Crippen LogP contribution in [0.25, 0.3) is 11.0 Å². The molecule has 5 rings (SSSR count). The summed E-state index contributed by atoms with van der Waals surface area (Å²) in [5.41, 5.74) is 1.11. The summed E-state index contributed by atoms with van der Waals surface area (Å²) < 4.78 is 28.3. The fourth-order valence-corrected chi connectivity index (χ4v) is 7.44. The van der Waals surface area contributed by atoms with Gasteiger partial charge < -0.3 is 19.7 Å². The summed E-state index contributed by atoms with van der Waals surface area (Å²) in [6, 6.07) is 6.43. The third kappa shape index (κ3) is 7.02. The molecule has 2 aromatic rings. The van der Waals surface area contributed by atoms with Crippen molar-refractivity contribution in [2.45, 2.75) is 83.1 Å². The summed E-state index contributed by atoms with van der Waals surface area (Å²) in [7, 11) is -3.75. The molecule has 3 heterocycles. The van der Waals surface area contributed by atoms with Crippen LogP contribution in [-0.4, -0.2) is 88.9 Å². The van der Waals surface area contributed by atoms with Crippen LogP contribution in [0.3, 0.4) is 0 Å². The number of carbonyl (C=O) groups is 4. The normalized spacial score (nSPS) is 21.9. The van der Waals surface area contributed by atoms with E-state index in [9.17, 15) is 27.6 Å². The Balaban J connectivity index is 1.36. The van der Waals surface area contributed by atoms with Crippen LogP contribution < -0.4 is 10.0 Å². The Morgan fingerprint density at radius 3 is 2.42 bits per heavy atom. The minimum absolute atomic E-state index is 0.0489. The zero-order valence-corrected chi connectivity index (χ0v) is 25.9. The number of nitrogens with zero attached hydrogens (tertiary/aromatic N) is 4. The van der Waals surface area contributed by atoms with E-state index in [-0.39, 0.29) is 37.2 Å². The molecule has 1 aromatic heterocycles. The SMILES string of the molecule is CC(C)(C)[C@H](CC(=O)N1CCCCC1)C(=O)N1C[C@H](n2cnc3ccccc32)C[C@H]1C(=O)NCC(=O)NS(=O)(=O)C1CC1.